The molecule has 5 nitrogen and oxygen atoms in total. The van der Waals surface area contributed by atoms with Crippen molar-refractivity contribution >= 4 is 17.5 Å². The van der Waals surface area contributed by atoms with Gasteiger partial charge in [0.1, 0.15) is 0 Å². The number of nitrogens with one attached hydrogen (secondary N) is 1. The lowest BCUT2D eigenvalue weighted by atomic mass is 10.1. The quantitative estimate of drug-likeness (QED) is 0.666. The van der Waals surface area contributed by atoms with E-state index in [9.17, 15) is 9.59 Å². The molecule has 2 aromatic carbocycles. The lowest BCUT2D eigenvalue weighted by Crippen LogP contribution is -2.33. The summed E-state index contributed by atoms with van der Waals surface area (Å²) in [4.78, 5) is 27.0. The SMILES string of the molecule is CCCN(CCC)C(=O)c1cccc(C(=O)NCCc2ccc(N)cc2)c1. The summed E-state index contributed by atoms with van der Waals surface area (Å²) in [5.74, 6) is -0.187. The van der Waals surface area contributed by atoms with Crippen LogP contribution in [0.4, 0.5) is 5.69 Å². The highest BCUT2D eigenvalue weighted by Gasteiger charge is 2.16. The topological polar surface area (TPSA) is 75.4 Å². The third kappa shape index (κ3) is 6.13. The molecule has 0 spiro atoms. The average Bonchev–Trinajstić information content (AvgIpc) is 2.69. The van der Waals surface area contributed by atoms with Crippen LogP contribution >= 0.6 is 0 Å². The van der Waals surface area contributed by atoms with Gasteiger partial charge in [0.25, 0.3) is 11.8 Å². The van der Waals surface area contributed by atoms with Gasteiger partial charge in [0, 0.05) is 36.4 Å². The Morgan fingerprint density at radius 3 is 2.22 bits per heavy atom. The largest absolute Gasteiger partial charge is 0.399 e. The first-order valence-corrected chi connectivity index (χ1v) is 9.57. The van der Waals surface area contributed by atoms with E-state index in [1.807, 2.05) is 29.2 Å². The molecule has 3 N–H and O–H groups in total. The van der Waals surface area contributed by atoms with Crippen molar-refractivity contribution in [3.05, 3.63) is 65.2 Å². The highest BCUT2D eigenvalue weighted by Crippen LogP contribution is 2.10. The molecule has 0 aliphatic rings. The number of nitrogens with zero attached hydrogens (tertiary/aromatic N) is 1. The Balaban J connectivity index is 1.97. The predicted octanol–water partition coefficient (Wildman–Crippen LogP) is 3.50. The second-order valence-corrected chi connectivity index (χ2v) is 6.62. The Labute approximate surface area is 161 Å². The van der Waals surface area contributed by atoms with Crippen molar-refractivity contribution < 1.29 is 9.59 Å². The number of nitrogen functional groups attached to an aromatic ring is 1. The van der Waals surface area contributed by atoms with Gasteiger partial charge in [0.15, 0.2) is 0 Å². The standard InChI is InChI=1S/C22H29N3O2/c1-3-14-25(15-4-2)22(27)19-7-5-6-18(16-19)21(26)24-13-12-17-8-10-20(23)11-9-17/h5-11,16H,3-4,12-15,23H2,1-2H3,(H,24,26). The minimum absolute atomic E-state index is 0.0183. The van der Waals surface area contributed by atoms with Crippen molar-refractivity contribution in [2.75, 3.05) is 25.4 Å². The van der Waals surface area contributed by atoms with Gasteiger partial charge in [-0.3, -0.25) is 9.59 Å². The van der Waals surface area contributed by atoms with Gasteiger partial charge in [-0.1, -0.05) is 32.0 Å². The highest BCUT2D eigenvalue weighted by molar-refractivity contribution is 5.99. The van der Waals surface area contributed by atoms with Gasteiger partial charge in [-0.2, -0.15) is 0 Å². The second-order valence-electron chi connectivity index (χ2n) is 6.62. The Morgan fingerprint density at radius 1 is 0.963 bits per heavy atom. The minimum atomic E-state index is -0.169. The molecule has 0 atom stereocenters. The molecule has 2 amide bonds. The summed E-state index contributed by atoms with van der Waals surface area (Å²) in [5, 5.41) is 2.91. The van der Waals surface area contributed by atoms with Crippen LogP contribution in [-0.2, 0) is 6.42 Å². The van der Waals surface area contributed by atoms with Crippen LogP contribution < -0.4 is 11.1 Å². The first-order chi connectivity index (χ1) is 13.0. The van der Waals surface area contributed by atoms with E-state index >= 15 is 0 Å². The molecule has 0 saturated carbocycles. The van der Waals surface area contributed by atoms with Crippen molar-refractivity contribution in [1.82, 2.24) is 10.2 Å². The molecular formula is C22H29N3O2. The lowest BCUT2D eigenvalue weighted by molar-refractivity contribution is 0.0755. The summed E-state index contributed by atoms with van der Waals surface area (Å²) in [7, 11) is 0. The Bertz CT molecular complexity index is 750. The van der Waals surface area contributed by atoms with Gasteiger partial charge in [0.2, 0.25) is 0 Å². The molecule has 0 aromatic heterocycles. The van der Waals surface area contributed by atoms with Crippen LogP contribution in [0.15, 0.2) is 48.5 Å². The molecule has 2 aromatic rings. The Kier molecular flexibility index (Phi) is 7.86. The van der Waals surface area contributed by atoms with Crippen LogP contribution in [0.1, 0.15) is 53.0 Å². The first-order valence-electron chi connectivity index (χ1n) is 9.57. The third-order valence-electron chi connectivity index (χ3n) is 4.32. The van der Waals surface area contributed by atoms with Crippen molar-refractivity contribution in [2.45, 2.75) is 33.1 Å². The molecule has 144 valence electrons. The molecular weight excluding hydrogens is 338 g/mol. The van der Waals surface area contributed by atoms with E-state index in [1.54, 1.807) is 24.3 Å². The summed E-state index contributed by atoms with van der Waals surface area (Å²) in [6.07, 6.45) is 2.56. The number of nitrogens with two attached hydrogens (primary N) is 1. The van der Waals surface area contributed by atoms with Crippen LogP contribution in [0.3, 0.4) is 0 Å². The highest BCUT2D eigenvalue weighted by atomic mass is 16.2. The monoisotopic (exact) mass is 367 g/mol. The maximum absolute atomic E-state index is 12.7. The van der Waals surface area contributed by atoms with Gasteiger partial charge in [-0.25, -0.2) is 0 Å². The van der Waals surface area contributed by atoms with E-state index in [4.69, 9.17) is 5.73 Å². The van der Waals surface area contributed by atoms with Gasteiger partial charge >= 0.3 is 0 Å². The number of benzene rings is 2. The Hall–Kier alpha value is -2.82. The van der Waals surface area contributed by atoms with E-state index in [0.717, 1.165) is 43.6 Å². The van der Waals surface area contributed by atoms with E-state index in [-0.39, 0.29) is 11.8 Å². The van der Waals surface area contributed by atoms with Crippen LogP contribution in [0, 0.1) is 0 Å². The number of anilines is 1. The predicted molar refractivity (Wildman–Crippen MR) is 110 cm³/mol. The smallest absolute Gasteiger partial charge is 0.253 e. The zero-order valence-corrected chi connectivity index (χ0v) is 16.2. The number of rotatable bonds is 9. The zero-order chi connectivity index (χ0) is 19.6. The van der Waals surface area contributed by atoms with Crippen LogP contribution in [0.25, 0.3) is 0 Å². The summed E-state index contributed by atoms with van der Waals surface area (Å²) in [6, 6.07) is 14.6. The van der Waals surface area contributed by atoms with Gasteiger partial charge in [0.05, 0.1) is 0 Å². The van der Waals surface area contributed by atoms with E-state index in [2.05, 4.69) is 19.2 Å². The molecule has 0 saturated heterocycles. The molecule has 0 radical (unpaired) electrons. The first kappa shape index (κ1) is 20.5. The fourth-order valence-electron chi connectivity index (χ4n) is 2.94. The average molecular weight is 367 g/mol. The lowest BCUT2D eigenvalue weighted by Gasteiger charge is -2.21. The molecule has 0 aliphatic heterocycles. The van der Waals surface area contributed by atoms with Crippen molar-refractivity contribution in [3.63, 3.8) is 0 Å². The summed E-state index contributed by atoms with van der Waals surface area (Å²) in [5.41, 5.74) is 8.58. The normalized spacial score (nSPS) is 10.4. The molecule has 0 unspecified atom stereocenters. The summed E-state index contributed by atoms with van der Waals surface area (Å²) < 4.78 is 0. The van der Waals surface area contributed by atoms with E-state index in [0.29, 0.717) is 17.7 Å². The van der Waals surface area contributed by atoms with Crippen LogP contribution in [0.2, 0.25) is 0 Å². The fraction of sp³-hybridized carbons (Fsp3) is 0.364. The fourth-order valence-corrected chi connectivity index (χ4v) is 2.94. The van der Waals surface area contributed by atoms with Crippen molar-refractivity contribution in [1.29, 1.82) is 0 Å². The van der Waals surface area contributed by atoms with E-state index in [1.165, 1.54) is 0 Å². The summed E-state index contributed by atoms with van der Waals surface area (Å²) >= 11 is 0. The maximum Gasteiger partial charge on any atom is 0.253 e. The van der Waals surface area contributed by atoms with Crippen LogP contribution in [0.5, 0.6) is 0 Å². The van der Waals surface area contributed by atoms with Gasteiger partial charge in [-0.05, 0) is 55.2 Å². The number of carbonyl (C=O) groups is 2. The van der Waals surface area contributed by atoms with Crippen LogP contribution in [-0.4, -0.2) is 36.3 Å². The second kappa shape index (κ2) is 10.4. The number of carbonyl (C=O) groups excluding carboxylic acids is 2. The maximum atomic E-state index is 12.7. The molecule has 0 heterocycles. The molecule has 0 fully saturated rings. The Morgan fingerprint density at radius 2 is 1.59 bits per heavy atom. The molecule has 27 heavy (non-hydrogen) atoms. The number of hydrogen-bond donors (Lipinski definition) is 2. The van der Waals surface area contributed by atoms with Crippen molar-refractivity contribution in [3.8, 4) is 0 Å². The van der Waals surface area contributed by atoms with Gasteiger partial charge < -0.3 is 16.0 Å². The molecule has 2 rings (SSSR count). The molecule has 0 aliphatic carbocycles. The minimum Gasteiger partial charge on any atom is -0.399 e. The number of hydrogen-bond acceptors (Lipinski definition) is 3. The zero-order valence-electron chi connectivity index (χ0n) is 16.2. The number of amides is 2. The molecule has 5 heteroatoms. The van der Waals surface area contributed by atoms with Gasteiger partial charge in [-0.15, -0.1) is 0 Å². The molecule has 0 bridgehead atoms. The van der Waals surface area contributed by atoms with Crippen molar-refractivity contribution in [2.24, 2.45) is 0 Å². The summed E-state index contributed by atoms with van der Waals surface area (Å²) in [6.45, 7) is 6.09. The third-order valence-corrected chi connectivity index (χ3v) is 4.32. The van der Waals surface area contributed by atoms with E-state index < -0.39 is 0 Å².